The van der Waals surface area contributed by atoms with Crippen molar-refractivity contribution in [3.05, 3.63) is 29.6 Å². The molecule has 1 aromatic rings. The SMILES string of the molecule is CCC1CCCCN1Cc1ccc(F)c(N(C)CC(=O)O)c1. The highest BCUT2D eigenvalue weighted by molar-refractivity contribution is 5.73. The largest absolute Gasteiger partial charge is 0.480 e. The van der Waals surface area contributed by atoms with Gasteiger partial charge in [-0.1, -0.05) is 19.4 Å². The van der Waals surface area contributed by atoms with Crippen molar-refractivity contribution in [2.45, 2.75) is 45.2 Å². The minimum absolute atomic E-state index is 0.207. The summed E-state index contributed by atoms with van der Waals surface area (Å²) in [5.74, 6) is -1.34. The van der Waals surface area contributed by atoms with Gasteiger partial charge in [-0.2, -0.15) is 0 Å². The summed E-state index contributed by atoms with van der Waals surface area (Å²) in [5, 5.41) is 8.86. The number of anilines is 1. The van der Waals surface area contributed by atoms with Crippen LogP contribution >= 0.6 is 0 Å². The number of nitrogens with zero attached hydrogens (tertiary/aromatic N) is 2. The standard InChI is InChI=1S/C17H25FN2O2/c1-3-14-6-4-5-9-20(14)11-13-7-8-15(18)16(10-13)19(2)12-17(21)22/h7-8,10,14H,3-6,9,11-12H2,1-2H3,(H,21,22). The van der Waals surface area contributed by atoms with Gasteiger partial charge in [-0.25, -0.2) is 4.39 Å². The number of aliphatic carboxylic acids is 1. The highest BCUT2D eigenvalue weighted by Crippen LogP contribution is 2.25. The molecule has 0 saturated carbocycles. The predicted molar refractivity (Wildman–Crippen MR) is 85.6 cm³/mol. The van der Waals surface area contributed by atoms with Crippen LogP contribution in [-0.2, 0) is 11.3 Å². The number of likely N-dealkylation sites (N-methyl/N-ethyl adjacent to an activating group) is 1. The van der Waals surface area contributed by atoms with Gasteiger partial charge in [-0.3, -0.25) is 9.69 Å². The van der Waals surface area contributed by atoms with Gasteiger partial charge in [0.1, 0.15) is 12.4 Å². The second kappa shape index (κ2) is 7.58. The lowest BCUT2D eigenvalue weighted by Gasteiger charge is -2.35. The first kappa shape index (κ1) is 16.7. The van der Waals surface area contributed by atoms with Gasteiger partial charge in [-0.15, -0.1) is 0 Å². The molecule has 0 aromatic heterocycles. The van der Waals surface area contributed by atoms with Crippen molar-refractivity contribution < 1.29 is 14.3 Å². The molecular formula is C17H25FN2O2. The molecule has 4 nitrogen and oxygen atoms in total. The van der Waals surface area contributed by atoms with Gasteiger partial charge in [0.15, 0.2) is 0 Å². The summed E-state index contributed by atoms with van der Waals surface area (Å²) in [4.78, 5) is 14.7. The first-order valence-electron chi connectivity index (χ1n) is 7.96. The van der Waals surface area contributed by atoms with Crippen LogP contribution in [0.15, 0.2) is 18.2 Å². The number of hydrogen-bond donors (Lipinski definition) is 1. The normalized spacial score (nSPS) is 19.1. The molecule has 1 aromatic carbocycles. The van der Waals surface area contributed by atoms with E-state index in [1.54, 1.807) is 19.2 Å². The van der Waals surface area contributed by atoms with Crippen molar-refractivity contribution in [3.8, 4) is 0 Å². The Balaban J connectivity index is 2.13. The smallest absolute Gasteiger partial charge is 0.323 e. The van der Waals surface area contributed by atoms with Gasteiger partial charge in [-0.05, 0) is 43.5 Å². The molecule has 1 N–H and O–H groups in total. The van der Waals surface area contributed by atoms with Crippen molar-refractivity contribution in [3.63, 3.8) is 0 Å². The third kappa shape index (κ3) is 4.19. The van der Waals surface area contributed by atoms with Crippen LogP contribution in [0.1, 0.15) is 38.2 Å². The summed E-state index contributed by atoms with van der Waals surface area (Å²) < 4.78 is 13.9. The number of carbonyl (C=O) groups is 1. The summed E-state index contributed by atoms with van der Waals surface area (Å²) in [5.41, 5.74) is 1.39. The zero-order valence-electron chi connectivity index (χ0n) is 13.4. The van der Waals surface area contributed by atoms with E-state index in [9.17, 15) is 9.18 Å². The van der Waals surface area contributed by atoms with Crippen LogP contribution in [0.4, 0.5) is 10.1 Å². The van der Waals surface area contributed by atoms with Crippen LogP contribution in [0.2, 0.25) is 0 Å². The van der Waals surface area contributed by atoms with E-state index in [0.717, 1.165) is 25.1 Å². The number of halogens is 1. The summed E-state index contributed by atoms with van der Waals surface area (Å²) in [6.45, 7) is 3.88. The number of benzene rings is 1. The third-order valence-corrected chi connectivity index (χ3v) is 4.40. The van der Waals surface area contributed by atoms with Crippen molar-refractivity contribution >= 4 is 11.7 Å². The second-order valence-electron chi connectivity index (χ2n) is 6.06. The number of carboxylic acids is 1. The van der Waals surface area contributed by atoms with E-state index >= 15 is 0 Å². The first-order valence-corrected chi connectivity index (χ1v) is 7.96. The number of hydrogen-bond acceptors (Lipinski definition) is 3. The fourth-order valence-electron chi connectivity index (χ4n) is 3.20. The fraction of sp³-hybridized carbons (Fsp3) is 0.588. The van der Waals surface area contributed by atoms with E-state index in [4.69, 9.17) is 5.11 Å². The Morgan fingerprint density at radius 2 is 2.23 bits per heavy atom. The number of piperidine rings is 1. The average molecular weight is 308 g/mol. The Morgan fingerprint density at radius 3 is 2.91 bits per heavy atom. The molecule has 1 saturated heterocycles. The quantitative estimate of drug-likeness (QED) is 0.877. The molecular weight excluding hydrogens is 283 g/mol. The minimum Gasteiger partial charge on any atom is -0.480 e. The van der Waals surface area contributed by atoms with Crippen molar-refractivity contribution in [1.29, 1.82) is 0 Å². The fourth-order valence-corrected chi connectivity index (χ4v) is 3.20. The molecule has 1 fully saturated rings. The van der Waals surface area contributed by atoms with Crippen molar-refractivity contribution in [2.75, 3.05) is 25.0 Å². The molecule has 1 aliphatic rings. The molecule has 122 valence electrons. The zero-order chi connectivity index (χ0) is 16.1. The van der Waals surface area contributed by atoms with Gasteiger partial charge in [0.05, 0.1) is 5.69 Å². The minimum atomic E-state index is -0.964. The lowest BCUT2D eigenvalue weighted by Crippen LogP contribution is -2.38. The molecule has 0 bridgehead atoms. The maximum Gasteiger partial charge on any atom is 0.323 e. The Labute approximate surface area is 131 Å². The lowest BCUT2D eigenvalue weighted by atomic mass is 9.99. The average Bonchev–Trinajstić information content (AvgIpc) is 2.49. The van der Waals surface area contributed by atoms with Crippen LogP contribution < -0.4 is 4.90 Å². The van der Waals surface area contributed by atoms with Crippen LogP contribution in [-0.4, -0.2) is 42.2 Å². The molecule has 22 heavy (non-hydrogen) atoms. The molecule has 0 aliphatic carbocycles. The molecule has 0 spiro atoms. The molecule has 1 unspecified atom stereocenters. The number of carboxylic acid groups (broad SMARTS) is 1. The van der Waals surface area contributed by atoms with Crippen LogP contribution in [0.3, 0.4) is 0 Å². The van der Waals surface area contributed by atoms with Crippen LogP contribution in [0.5, 0.6) is 0 Å². The summed E-state index contributed by atoms with van der Waals surface area (Å²) in [7, 11) is 1.60. The highest BCUT2D eigenvalue weighted by atomic mass is 19.1. The molecule has 1 atom stereocenters. The topological polar surface area (TPSA) is 43.8 Å². The Bertz CT molecular complexity index is 521. The van der Waals surface area contributed by atoms with E-state index < -0.39 is 5.97 Å². The first-order chi connectivity index (χ1) is 10.5. The number of likely N-dealkylation sites (tertiary alicyclic amines) is 1. The molecule has 2 rings (SSSR count). The van der Waals surface area contributed by atoms with E-state index in [2.05, 4.69) is 11.8 Å². The summed E-state index contributed by atoms with van der Waals surface area (Å²) >= 11 is 0. The predicted octanol–water partition coefficient (Wildman–Crippen LogP) is 3.11. The molecule has 1 aliphatic heterocycles. The van der Waals surface area contributed by atoms with Crippen molar-refractivity contribution in [1.82, 2.24) is 4.90 Å². The van der Waals surface area contributed by atoms with E-state index in [-0.39, 0.29) is 12.4 Å². The molecule has 0 radical (unpaired) electrons. The highest BCUT2D eigenvalue weighted by Gasteiger charge is 2.21. The van der Waals surface area contributed by atoms with E-state index in [1.807, 2.05) is 0 Å². The van der Waals surface area contributed by atoms with Crippen LogP contribution in [0, 0.1) is 5.82 Å². The number of rotatable bonds is 6. The lowest BCUT2D eigenvalue weighted by molar-refractivity contribution is -0.135. The van der Waals surface area contributed by atoms with Crippen molar-refractivity contribution in [2.24, 2.45) is 0 Å². The summed E-state index contributed by atoms with van der Waals surface area (Å²) in [6, 6.07) is 5.61. The molecule has 1 heterocycles. The van der Waals surface area contributed by atoms with Crippen LogP contribution in [0.25, 0.3) is 0 Å². The van der Waals surface area contributed by atoms with E-state index in [0.29, 0.717) is 11.7 Å². The maximum absolute atomic E-state index is 13.9. The summed E-state index contributed by atoms with van der Waals surface area (Å²) in [6.07, 6.45) is 4.85. The Kier molecular flexibility index (Phi) is 5.77. The Morgan fingerprint density at radius 1 is 1.45 bits per heavy atom. The third-order valence-electron chi connectivity index (χ3n) is 4.40. The second-order valence-corrected chi connectivity index (χ2v) is 6.06. The van der Waals surface area contributed by atoms with Gasteiger partial charge >= 0.3 is 5.97 Å². The van der Waals surface area contributed by atoms with Gasteiger partial charge < -0.3 is 10.0 Å². The monoisotopic (exact) mass is 308 g/mol. The van der Waals surface area contributed by atoms with Gasteiger partial charge in [0, 0.05) is 19.6 Å². The Hall–Kier alpha value is -1.62. The molecule has 5 heteroatoms. The maximum atomic E-state index is 13.9. The van der Waals surface area contributed by atoms with Gasteiger partial charge in [0.2, 0.25) is 0 Å². The molecule has 0 amide bonds. The zero-order valence-corrected chi connectivity index (χ0v) is 13.4. The van der Waals surface area contributed by atoms with E-state index in [1.165, 1.54) is 30.2 Å². The van der Waals surface area contributed by atoms with Gasteiger partial charge in [0.25, 0.3) is 0 Å².